The van der Waals surface area contributed by atoms with Gasteiger partial charge in [-0.1, -0.05) is 29.8 Å². The number of amides is 2. The Morgan fingerprint density at radius 2 is 1.75 bits per heavy atom. The van der Waals surface area contributed by atoms with Crippen molar-refractivity contribution >= 4 is 17.7 Å². The zero-order valence-corrected chi connectivity index (χ0v) is 16.5. The van der Waals surface area contributed by atoms with Gasteiger partial charge in [0.05, 0.1) is 6.61 Å². The number of carbonyl (C=O) groups is 2. The lowest BCUT2D eigenvalue weighted by Gasteiger charge is -2.34. The highest BCUT2D eigenvalue weighted by molar-refractivity contribution is 5.95. The normalized spacial score (nSPS) is 14.6. The second-order valence-corrected chi connectivity index (χ2v) is 6.98. The van der Waals surface area contributed by atoms with E-state index in [1.807, 2.05) is 4.90 Å². The lowest BCUT2D eigenvalue weighted by atomic mass is 10.1. The number of nitrogens with one attached hydrogen (secondary N) is 1. The Balaban J connectivity index is 1.51. The van der Waals surface area contributed by atoms with Crippen LogP contribution in [0.3, 0.4) is 0 Å². The molecular formula is C22H27N3O3. The van der Waals surface area contributed by atoms with E-state index in [0.717, 1.165) is 19.6 Å². The van der Waals surface area contributed by atoms with Crippen LogP contribution in [0.4, 0.5) is 10.5 Å². The van der Waals surface area contributed by atoms with Gasteiger partial charge in [-0.3, -0.25) is 15.0 Å². The third kappa shape index (κ3) is 5.33. The monoisotopic (exact) mass is 381 g/mol. The summed E-state index contributed by atoms with van der Waals surface area (Å²) in [4.78, 5) is 28.5. The van der Waals surface area contributed by atoms with E-state index in [-0.39, 0.29) is 5.91 Å². The Bertz CT molecular complexity index is 812. The minimum absolute atomic E-state index is 0.0258. The lowest BCUT2D eigenvalue weighted by Crippen LogP contribution is -2.48. The lowest BCUT2D eigenvalue weighted by molar-refractivity contribution is 0.0628. The Hall–Kier alpha value is -2.86. The molecule has 1 saturated heterocycles. The van der Waals surface area contributed by atoms with Crippen LogP contribution in [0.25, 0.3) is 0 Å². The molecule has 1 aliphatic heterocycles. The molecule has 1 N–H and O–H groups in total. The van der Waals surface area contributed by atoms with Crippen molar-refractivity contribution in [2.24, 2.45) is 0 Å². The fraction of sp³-hybridized carbons (Fsp3) is 0.364. The van der Waals surface area contributed by atoms with Gasteiger partial charge in [-0.15, -0.1) is 0 Å². The van der Waals surface area contributed by atoms with Crippen molar-refractivity contribution in [2.75, 3.05) is 38.1 Å². The molecule has 0 saturated carbocycles. The first-order chi connectivity index (χ1) is 13.5. The van der Waals surface area contributed by atoms with Crippen molar-refractivity contribution in [3.05, 3.63) is 65.2 Å². The van der Waals surface area contributed by atoms with Crippen LogP contribution >= 0.6 is 0 Å². The van der Waals surface area contributed by atoms with Gasteiger partial charge in [0.25, 0.3) is 5.91 Å². The summed E-state index contributed by atoms with van der Waals surface area (Å²) in [7, 11) is 0. The van der Waals surface area contributed by atoms with Crippen LogP contribution in [0.2, 0.25) is 0 Å². The molecule has 0 unspecified atom stereocenters. The van der Waals surface area contributed by atoms with Gasteiger partial charge in [-0.2, -0.15) is 0 Å². The standard InChI is InChI=1S/C22H27N3O3/c1-3-28-22(27)23-20-9-7-19(8-10-20)21(26)25-13-11-24(12-14-25)16-18-6-4-5-17(2)15-18/h4-10,15H,3,11-14,16H2,1-2H3,(H,23,27). The molecule has 3 rings (SSSR count). The number of anilines is 1. The van der Waals surface area contributed by atoms with E-state index in [1.165, 1.54) is 11.1 Å². The molecule has 2 aromatic carbocycles. The van der Waals surface area contributed by atoms with Gasteiger partial charge in [0, 0.05) is 44.0 Å². The highest BCUT2D eigenvalue weighted by atomic mass is 16.5. The number of ether oxygens (including phenoxy) is 1. The number of rotatable bonds is 5. The summed E-state index contributed by atoms with van der Waals surface area (Å²) in [6, 6.07) is 15.5. The number of hydrogen-bond acceptors (Lipinski definition) is 4. The first-order valence-electron chi connectivity index (χ1n) is 9.66. The Kier molecular flexibility index (Phi) is 6.66. The van der Waals surface area contributed by atoms with E-state index < -0.39 is 6.09 Å². The van der Waals surface area contributed by atoms with Gasteiger partial charge in [0.15, 0.2) is 0 Å². The average molecular weight is 381 g/mol. The molecule has 0 aromatic heterocycles. The van der Waals surface area contributed by atoms with Crippen LogP contribution in [-0.4, -0.2) is 54.6 Å². The van der Waals surface area contributed by atoms with Crippen LogP contribution in [0.5, 0.6) is 0 Å². The van der Waals surface area contributed by atoms with Gasteiger partial charge < -0.3 is 9.64 Å². The SMILES string of the molecule is CCOC(=O)Nc1ccc(C(=O)N2CCN(Cc3cccc(C)c3)CC2)cc1. The first-order valence-corrected chi connectivity index (χ1v) is 9.66. The molecule has 0 atom stereocenters. The smallest absolute Gasteiger partial charge is 0.411 e. The quantitative estimate of drug-likeness (QED) is 0.861. The van der Waals surface area contributed by atoms with Gasteiger partial charge in [-0.05, 0) is 43.7 Å². The van der Waals surface area contributed by atoms with E-state index in [2.05, 4.69) is 41.4 Å². The maximum atomic E-state index is 12.7. The topological polar surface area (TPSA) is 61.9 Å². The van der Waals surface area contributed by atoms with Crippen molar-refractivity contribution in [1.29, 1.82) is 0 Å². The maximum absolute atomic E-state index is 12.7. The van der Waals surface area contributed by atoms with Crippen LogP contribution < -0.4 is 5.32 Å². The second-order valence-electron chi connectivity index (χ2n) is 6.98. The van der Waals surface area contributed by atoms with E-state index in [4.69, 9.17) is 4.74 Å². The summed E-state index contributed by atoms with van der Waals surface area (Å²) in [6.07, 6.45) is -0.494. The summed E-state index contributed by atoms with van der Waals surface area (Å²) in [5, 5.41) is 2.63. The molecule has 0 aliphatic carbocycles. The molecule has 1 fully saturated rings. The summed E-state index contributed by atoms with van der Waals surface area (Å²) >= 11 is 0. The van der Waals surface area contributed by atoms with Crippen molar-refractivity contribution in [1.82, 2.24) is 9.80 Å². The summed E-state index contributed by atoms with van der Waals surface area (Å²) < 4.78 is 4.85. The Labute approximate surface area is 166 Å². The first kappa shape index (κ1) is 19.9. The molecule has 28 heavy (non-hydrogen) atoms. The van der Waals surface area contributed by atoms with Gasteiger partial charge in [0.1, 0.15) is 0 Å². The molecule has 0 bridgehead atoms. The molecular weight excluding hydrogens is 354 g/mol. The highest BCUT2D eigenvalue weighted by Gasteiger charge is 2.22. The highest BCUT2D eigenvalue weighted by Crippen LogP contribution is 2.15. The van der Waals surface area contributed by atoms with Crippen molar-refractivity contribution < 1.29 is 14.3 Å². The minimum atomic E-state index is -0.494. The zero-order valence-electron chi connectivity index (χ0n) is 16.5. The van der Waals surface area contributed by atoms with E-state index in [0.29, 0.717) is 30.9 Å². The number of hydrogen-bond donors (Lipinski definition) is 1. The van der Waals surface area contributed by atoms with Crippen molar-refractivity contribution in [2.45, 2.75) is 20.4 Å². The number of carbonyl (C=O) groups excluding carboxylic acids is 2. The summed E-state index contributed by atoms with van der Waals surface area (Å²) in [5.74, 6) is 0.0258. The molecule has 6 nitrogen and oxygen atoms in total. The predicted octanol–water partition coefficient (Wildman–Crippen LogP) is 3.52. The average Bonchev–Trinajstić information content (AvgIpc) is 2.69. The Morgan fingerprint density at radius 1 is 1.04 bits per heavy atom. The van der Waals surface area contributed by atoms with E-state index in [1.54, 1.807) is 31.2 Å². The minimum Gasteiger partial charge on any atom is -0.450 e. The molecule has 1 heterocycles. The number of aryl methyl sites for hydroxylation is 1. The van der Waals surface area contributed by atoms with Crippen molar-refractivity contribution in [3.8, 4) is 0 Å². The van der Waals surface area contributed by atoms with Crippen LogP contribution in [0.1, 0.15) is 28.4 Å². The molecule has 1 aliphatic rings. The fourth-order valence-corrected chi connectivity index (χ4v) is 3.34. The third-order valence-electron chi connectivity index (χ3n) is 4.80. The molecule has 0 radical (unpaired) electrons. The predicted molar refractivity (Wildman–Crippen MR) is 109 cm³/mol. The number of benzene rings is 2. The van der Waals surface area contributed by atoms with Gasteiger partial charge in [0.2, 0.25) is 0 Å². The van der Waals surface area contributed by atoms with E-state index in [9.17, 15) is 9.59 Å². The Morgan fingerprint density at radius 3 is 2.39 bits per heavy atom. The van der Waals surface area contributed by atoms with E-state index >= 15 is 0 Å². The number of nitrogens with zero attached hydrogens (tertiary/aromatic N) is 2. The van der Waals surface area contributed by atoms with Crippen molar-refractivity contribution in [3.63, 3.8) is 0 Å². The fourth-order valence-electron chi connectivity index (χ4n) is 3.34. The second kappa shape index (κ2) is 9.37. The molecule has 0 spiro atoms. The van der Waals surface area contributed by atoms with Crippen LogP contribution in [0.15, 0.2) is 48.5 Å². The molecule has 2 aromatic rings. The largest absolute Gasteiger partial charge is 0.450 e. The summed E-state index contributed by atoms with van der Waals surface area (Å²) in [6.45, 7) is 8.25. The number of piperazine rings is 1. The van der Waals surface area contributed by atoms with Gasteiger partial charge in [-0.25, -0.2) is 4.79 Å². The van der Waals surface area contributed by atoms with Gasteiger partial charge >= 0.3 is 6.09 Å². The molecule has 148 valence electrons. The maximum Gasteiger partial charge on any atom is 0.411 e. The summed E-state index contributed by atoms with van der Waals surface area (Å²) in [5.41, 5.74) is 3.82. The third-order valence-corrected chi connectivity index (χ3v) is 4.80. The molecule has 2 amide bonds. The van der Waals surface area contributed by atoms with Crippen LogP contribution in [-0.2, 0) is 11.3 Å². The van der Waals surface area contributed by atoms with Crippen LogP contribution in [0, 0.1) is 6.92 Å². The molecule has 6 heteroatoms. The zero-order chi connectivity index (χ0) is 19.9.